The van der Waals surface area contributed by atoms with E-state index >= 15 is 0 Å². The van der Waals surface area contributed by atoms with Gasteiger partial charge in [-0.25, -0.2) is 4.39 Å². The summed E-state index contributed by atoms with van der Waals surface area (Å²) in [6, 6.07) is 10.3. The van der Waals surface area contributed by atoms with Gasteiger partial charge in [0.15, 0.2) is 5.16 Å². The Bertz CT molecular complexity index is 960. The first-order valence-electron chi connectivity index (χ1n) is 9.36. The first kappa shape index (κ1) is 21.9. The maximum atomic E-state index is 14.0. The molecule has 1 aromatic heterocycles. The lowest BCUT2D eigenvalue weighted by Gasteiger charge is -2.10. The molecule has 154 valence electrons. The number of ether oxygens (including phenoxy) is 1. The standard InChI is InChI=1S/C21H22Cl2FN3OS/c1-3-27-20(8-5-11-28-19-10-9-15(22)12-14(19)2)25-26-21(27)29-13-16-17(23)6-4-7-18(16)24/h4,6-7,9-10,12H,3,5,8,11,13H2,1-2H3. The van der Waals surface area contributed by atoms with Crippen molar-refractivity contribution in [2.24, 2.45) is 0 Å². The van der Waals surface area contributed by atoms with Gasteiger partial charge in [-0.3, -0.25) is 0 Å². The van der Waals surface area contributed by atoms with Gasteiger partial charge in [0.1, 0.15) is 17.4 Å². The zero-order chi connectivity index (χ0) is 20.8. The molecule has 3 aromatic rings. The molecule has 0 unspecified atom stereocenters. The number of hydrogen-bond acceptors (Lipinski definition) is 4. The first-order valence-corrected chi connectivity index (χ1v) is 11.1. The second kappa shape index (κ2) is 10.3. The minimum Gasteiger partial charge on any atom is -0.493 e. The van der Waals surface area contributed by atoms with Crippen LogP contribution in [0.1, 0.15) is 30.3 Å². The number of hydrogen-bond donors (Lipinski definition) is 0. The van der Waals surface area contributed by atoms with Crippen molar-refractivity contribution in [2.75, 3.05) is 6.61 Å². The summed E-state index contributed by atoms with van der Waals surface area (Å²) in [6.07, 6.45) is 1.55. The van der Waals surface area contributed by atoms with Crippen LogP contribution in [0, 0.1) is 12.7 Å². The summed E-state index contributed by atoms with van der Waals surface area (Å²) in [6.45, 7) is 5.33. The van der Waals surface area contributed by atoms with E-state index in [0.29, 0.717) is 28.0 Å². The summed E-state index contributed by atoms with van der Waals surface area (Å²) >= 11 is 13.5. The third-order valence-corrected chi connectivity index (χ3v) is 6.04. The van der Waals surface area contributed by atoms with Gasteiger partial charge in [0.25, 0.3) is 0 Å². The third kappa shape index (κ3) is 5.65. The normalized spacial score (nSPS) is 11.1. The Morgan fingerprint density at radius 3 is 2.72 bits per heavy atom. The Kier molecular flexibility index (Phi) is 7.81. The molecule has 4 nitrogen and oxygen atoms in total. The SMILES string of the molecule is CCn1c(CCCOc2ccc(Cl)cc2C)nnc1SCc1c(F)cccc1Cl. The fraction of sp³-hybridized carbons (Fsp3) is 0.333. The highest BCUT2D eigenvalue weighted by molar-refractivity contribution is 7.98. The summed E-state index contributed by atoms with van der Waals surface area (Å²) in [7, 11) is 0. The molecule has 0 atom stereocenters. The van der Waals surface area contributed by atoms with Crippen molar-refractivity contribution in [3.05, 3.63) is 69.2 Å². The van der Waals surface area contributed by atoms with E-state index in [1.54, 1.807) is 12.1 Å². The molecule has 0 aliphatic heterocycles. The van der Waals surface area contributed by atoms with Crippen LogP contribution >= 0.6 is 35.0 Å². The van der Waals surface area contributed by atoms with Crippen molar-refractivity contribution in [1.82, 2.24) is 14.8 Å². The molecule has 1 heterocycles. The van der Waals surface area contributed by atoms with E-state index in [0.717, 1.165) is 41.7 Å². The van der Waals surface area contributed by atoms with Crippen molar-refractivity contribution in [1.29, 1.82) is 0 Å². The van der Waals surface area contributed by atoms with Crippen LogP contribution in [0.15, 0.2) is 41.6 Å². The first-order chi connectivity index (χ1) is 14.0. The topological polar surface area (TPSA) is 39.9 Å². The van der Waals surface area contributed by atoms with Crippen molar-refractivity contribution in [2.45, 2.75) is 44.1 Å². The summed E-state index contributed by atoms with van der Waals surface area (Å²) < 4.78 is 21.9. The molecule has 3 rings (SSSR count). The number of rotatable bonds is 9. The molecule has 2 aromatic carbocycles. The lowest BCUT2D eigenvalue weighted by atomic mass is 10.2. The van der Waals surface area contributed by atoms with E-state index in [2.05, 4.69) is 10.2 Å². The van der Waals surface area contributed by atoms with Gasteiger partial charge in [-0.1, -0.05) is 41.0 Å². The van der Waals surface area contributed by atoms with Gasteiger partial charge in [-0.05, 0) is 56.2 Å². The number of nitrogens with zero attached hydrogens (tertiary/aromatic N) is 3. The summed E-state index contributed by atoms with van der Waals surface area (Å²) in [5.74, 6) is 1.83. The molecular weight excluding hydrogens is 432 g/mol. The van der Waals surface area contributed by atoms with Gasteiger partial charge in [0.2, 0.25) is 0 Å². The van der Waals surface area contributed by atoms with Gasteiger partial charge in [0.05, 0.1) is 6.61 Å². The van der Waals surface area contributed by atoms with Crippen molar-refractivity contribution >= 4 is 35.0 Å². The Balaban J connectivity index is 1.56. The lowest BCUT2D eigenvalue weighted by molar-refractivity contribution is 0.307. The quantitative estimate of drug-likeness (QED) is 0.279. The summed E-state index contributed by atoms with van der Waals surface area (Å²) in [5, 5.41) is 10.5. The molecule has 0 saturated carbocycles. The Labute approximate surface area is 184 Å². The summed E-state index contributed by atoms with van der Waals surface area (Å²) in [4.78, 5) is 0. The summed E-state index contributed by atoms with van der Waals surface area (Å²) in [5.41, 5.74) is 1.50. The molecule has 0 radical (unpaired) electrons. The monoisotopic (exact) mass is 453 g/mol. The molecule has 0 N–H and O–H groups in total. The number of aryl methyl sites for hydroxylation is 2. The molecule has 0 amide bonds. The fourth-order valence-electron chi connectivity index (χ4n) is 2.92. The van der Waals surface area contributed by atoms with Gasteiger partial charge in [-0.2, -0.15) is 0 Å². The van der Waals surface area contributed by atoms with E-state index in [4.69, 9.17) is 27.9 Å². The highest BCUT2D eigenvalue weighted by Crippen LogP contribution is 2.28. The molecule has 0 aliphatic rings. The van der Waals surface area contributed by atoms with Crippen LogP contribution in [0.5, 0.6) is 5.75 Å². The number of aromatic nitrogens is 3. The lowest BCUT2D eigenvalue weighted by Crippen LogP contribution is -2.07. The minimum atomic E-state index is -0.303. The van der Waals surface area contributed by atoms with Crippen molar-refractivity contribution < 1.29 is 9.13 Å². The van der Waals surface area contributed by atoms with Crippen LogP contribution in [0.25, 0.3) is 0 Å². The molecule has 0 bridgehead atoms. The predicted octanol–water partition coefficient (Wildman–Crippen LogP) is 6.36. The molecule has 29 heavy (non-hydrogen) atoms. The molecule has 0 spiro atoms. The number of benzene rings is 2. The Hall–Kier alpha value is -1.76. The second-order valence-electron chi connectivity index (χ2n) is 6.49. The molecule has 8 heteroatoms. The van der Waals surface area contributed by atoms with E-state index in [1.165, 1.54) is 17.8 Å². The number of thioether (sulfide) groups is 1. The third-order valence-electron chi connectivity index (χ3n) is 4.46. The highest BCUT2D eigenvalue weighted by atomic mass is 35.5. The smallest absolute Gasteiger partial charge is 0.191 e. The van der Waals surface area contributed by atoms with Gasteiger partial charge < -0.3 is 9.30 Å². The maximum Gasteiger partial charge on any atom is 0.191 e. The Morgan fingerprint density at radius 2 is 2.00 bits per heavy atom. The van der Waals surface area contributed by atoms with Crippen LogP contribution < -0.4 is 4.74 Å². The zero-order valence-corrected chi connectivity index (χ0v) is 18.6. The van der Waals surface area contributed by atoms with E-state index in [9.17, 15) is 4.39 Å². The average molecular weight is 454 g/mol. The van der Waals surface area contributed by atoms with Gasteiger partial charge in [0, 0.05) is 34.3 Å². The van der Waals surface area contributed by atoms with E-state index in [-0.39, 0.29) is 5.82 Å². The van der Waals surface area contributed by atoms with Crippen molar-refractivity contribution in [3.63, 3.8) is 0 Å². The maximum absolute atomic E-state index is 14.0. The molecule has 0 saturated heterocycles. The fourth-order valence-corrected chi connectivity index (χ4v) is 4.51. The van der Waals surface area contributed by atoms with Crippen LogP contribution in [0.3, 0.4) is 0 Å². The molecular formula is C21H22Cl2FN3OS. The zero-order valence-electron chi connectivity index (χ0n) is 16.3. The predicted molar refractivity (Wildman–Crippen MR) is 117 cm³/mol. The minimum absolute atomic E-state index is 0.303. The highest BCUT2D eigenvalue weighted by Gasteiger charge is 2.14. The number of halogens is 3. The van der Waals surface area contributed by atoms with E-state index in [1.807, 2.05) is 36.6 Å². The second-order valence-corrected chi connectivity index (χ2v) is 8.28. The molecule has 0 aliphatic carbocycles. The van der Waals surface area contributed by atoms with E-state index < -0.39 is 0 Å². The van der Waals surface area contributed by atoms with Crippen LogP contribution in [0.2, 0.25) is 10.0 Å². The van der Waals surface area contributed by atoms with Crippen LogP contribution in [-0.4, -0.2) is 21.4 Å². The van der Waals surface area contributed by atoms with Crippen molar-refractivity contribution in [3.8, 4) is 5.75 Å². The van der Waals surface area contributed by atoms with Gasteiger partial charge >= 0.3 is 0 Å². The average Bonchev–Trinajstić information content (AvgIpc) is 3.08. The Morgan fingerprint density at radius 1 is 1.17 bits per heavy atom. The largest absolute Gasteiger partial charge is 0.493 e. The van der Waals surface area contributed by atoms with Gasteiger partial charge in [-0.15, -0.1) is 10.2 Å². The van der Waals surface area contributed by atoms with Crippen LogP contribution in [0.4, 0.5) is 4.39 Å². The molecule has 0 fully saturated rings. The van der Waals surface area contributed by atoms with Crippen LogP contribution in [-0.2, 0) is 18.7 Å².